The molecule has 2 aromatic carbocycles. The van der Waals surface area contributed by atoms with Gasteiger partial charge in [0.25, 0.3) is 0 Å². The third kappa shape index (κ3) is 6.32. The molecule has 0 spiro atoms. The van der Waals surface area contributed by atoms with Gasteiger partial charge in [-0.25, -0.2) is 4.98 Å². The largest absolute Gasteiger partial charge is 0.352 e. The Morgan fingerprint density at radius 1 is 1.10 bits per heavy atom. The second-order valence-electron chi connectivity index (χ2n) is 7.11. The van der Waals surface area contributed by atoms with Crippen molar-refractivity contribution in [2.75, 3.05) is 14.1 Å². The third-order valence-electron chi connectivity index (χ3n) is 4.96. The van der Waals surface area contributed by atoms with Crippen LogP contribution in [0.3, 0.4) is 0 Å². The van der Waals surface area contributed by atoms with Crippen molar-refractivity contribution in [1.29, 1.82) is 0 Å². The molecule has 0 aliphatic carbocycles. The highest BCUT2D eigenvalue weighted by Gasteiger charge is 2.08. The Kier molecular flexibility index (Phi) is 8.70. The predicted molar refractivity (Wildman–Crippen MR) is 131 cm³/mol. The fourth-order valence-electron chi connectivity index (χ4n) is 3.29. The molecule has 3 rings (SSSR count). The van der Waals surface area contributed by atoms with Gasteiger partial charge in [-0.2, -0.15) is 0 Å². The van der Waals surface area contributed by atoms with Gasteiger partial charge in [-0.1, -0.05) is 48.5 Å². The van der Waals surface area contributed by atoms with E-state index in [1.54, 1.807) is 0 Å². The highest BCUT2D eigenvalue weighted by Crippen LogP contribution is 2.11. The lowest BCUT2D eigenvalue weighted by Crippen LogP contribution is -2.38. The third-order valence-corrected chi connectivity index (χ3v) is 4.96. The molecule has 3 aromatic rings. The summed E-state index contributed by atoms with van der Waals surface area (Å²) in [7, 11) is 3.90. The second kappa shape index (κ2) is 11.0. The van der Waals surface area contributed by atoms with Crippen molar-refractivity contribution in [3.05, 3.63) is 89.0 Å². The molecule has 1 heterocycles. The summed E-state index contributed by atoms with van der Waals surface area (Å²) < 4.78 is 2.15. The molecule has 0 amide bonds. The summed E-state index contributed by atoms with van der Waals surface area (Å²) in [5, 5.41) is 3.48. The Hall–Kier alpha value is -2.35. The summed E-state index contributed by atoms with van der Waals surface area (Å²) in [5.41, 5.74) is 5.11. The van der Waals surface area contributed by atoms with Crippen molar-refractivity contribution < 1.29 is 0 Å². The molecule has 0 bridgehead atoms. The van der Waals surface area contributed by atoms with E-state index < -0.39 is 0 Å². The number of halogens is 1. The smallest absolute Gasteiger partial charge is 0.193 e. The molecule has 0 aliphatic rings. The van der Waals surface area contributed by atoms with Crippen molar-refractivity contribution in [3.8, 4) is 0 Å². The van der Waals surface area contributed by atoms with Crippen LogP contribution in [0.1, 0.15) is 28.1 Å². The minimum absolute atomic E-state index is 0. The average molecular weight is 503 g/mol. The first-order chi connectivity index (χ1) is 13.6. The Bertz CT molecular complexity index is 948. The standard InChI is InChI=1S/C23H29N5.HI/c1-18-8-5-6-11-22(18)17-27(4)23(24-3)26-15-20-9-7-10-21(14-20)16-28-13-12-25-19(28)2;/h5-14H,15-17H2,1-4H3,(H,24,26);1H. The number of aryl methyl sites for hydroxylation is 2. The van der Waals surface area contributed by atoms with Crippen molar-refractivity contribution >= 4 is 29.9 Å². The molecule has 0 atom stereocenters. The van der Waals surface area contributed by atoms with Gasteiger partial charge in [0, 0.05) is 46.1 Å². The van der Waals surface area contributed by atoms with E-state index >= 15 is 0 Å². The minimum atomic E-state index is 0. The zero-order valence-corrected chi connectivity index (χ0v) is 19.9. The number of nitrogens with zero attached hydrogens (tertiary/aromatic N) is 4. The first-order valence-corrected chi connectivity index (χ1v) is 9.58. The van der Waals surface area contributed by atoms with Crippen LogP contribution in [-0.2, 0) is 19.6 Å². The van der Waals surface area contributed by atoms with Gasteiger partial charge in [-0.3, -0.25) is 4.99 Å². The van der Waals surface area contributed by atoms with Crippen molar-refractivity contribution in [3.63, 3.8) is 0 Å². The number of benzene rings is 2. The van der Waals surface area contributed by atoms with E-state index in [0.717, 1.165) is 31.4 Å². The minimum Gasteiger partial charge on any atom is -0.352 e. The molecule has 0 unspecified atom stereocenters. The van der Waals surface area contributed by atoms with Crippen LogP contribution in [-0.4, -0.2) is 34.5 Å². The fourth-order valence-corrected chi connectivity index (χ4v) is 3.29. The van der Waals surface area contributed by atoms with Gasteiger partial charge in [0.2, 0.25) is 0 Å². The molecule has 154 valence electrons. The SMILES string of the molecule is CN=C(NCc1cccc(Cn2ccnc2C)c1)N(C)Cc1ccccc1C.I. The van der Waals surface area contributed by atoms with Gasteiger partial charge in [0.15, 0.2) is 5.96 Å². The Labute approximate surface area is 190 Å². The highest BCUT2D eigenvalue weighted by molar-refractivity contribution is 14.0. The number of hydrogen-bond donors (Lipinski definition) is 1. The Morgan fingerprint density at radius 2 is 1.86 bits per heavy atom. The first kappa shape index (κ1) is 22.9. The molecule has 0 saturated carbocycles. The number of aliphatic imine (C=N–C) groups is 1. The van der Waals surface area contributed by atoms with E-state index in [9.17, 15) is 0 Å². The van der Waals surface area contributed by atoms with Crippen LogP contribution in [0, 0.1) is 13.8 Å². The van der Waals surface area contributed by atoms with Crippen LogP contribution < -0.4 is 5.32 Å². The molecule has 1 aromatic heterocycles. The van der Waals surface area contributed by atoms with Gasteiger partial charge in [0.05, 0.1) is 0 Å². The first-order valence-electron chi connectivity index (χ1n) is 9.58. The van der Waals surface area contributed by atoms with E-state index in [-0.39, 0.29) is 24.0 Å². The molecule has 1 N–H and O–H groups in total. The molecular weight excluding hydrogens is 473 g/mol. The molecule has 0 aliphatic heterocycles. The van der Waals surface area contributed by atoms with E-state index in [2.05, 4.69) is 87.3 Å². The van der Waals surface area contributed by atoms with Crippen molar-refractivity contribution in [2.24, 2.45) is 4.99 Å². The number of guanidine groups is 1. The summed E-state index contributed by atoms with van der Waals surface area (Å²) >= 11 is 0. The molecular formula is C23H30IN5. The summed E-state index contributed by atoms with van der Waals surface area (Å²) in [6.45, 7) is 6.57. The average Bonchev–Trinajstić information content (AvgIpc) is 3.09. The number of nitrogens with one attached hydrogen (secondary N) is 1. The van der Waals surface area contributed by atoms with Crippen LogP contribution in [0.2, 0.25) is 0 Å². The number of hydrogen-bond acceptors (Lipinski definition) is 2. The summed E-state index contributed by atoms with van der Waals surface area (Å²) in [6.07, 6.45) is 3.86. The molecule has 29 heavy (non-hydrogen) atoms. The van der Waals surface area contributed by atoms with Crippen LogP contribution in [0.4, 0.5) is 0 Å². The monoisotopic (exact) mass is 503 g/mol. The lowest BCUT2D eigenvalue weighted by atomic mass is 10.1. The molecule has 5 nitrogen and oxygen atoms in total. The zero-order chi connectivity index (χ0) is 19.9. The number of imidazole rings is 1. The van der Waals surface area contributed by atoms with E-state index in [1.165, 1.54) is 22.3 Å². The topological polar surface area (TPSA) is 45.5 Å². The lowest BCUT2D eigenvalue weighted by Gasteiger charge is -2.23. The highest BCUT2D eigenvalue weighted by atomic mass is 127. The summed E-state index contributed by atoms with van der Waals surface area (Å²) in [5.74, 6) is 1.92. The Balaban J connectivity index is 0.00000300. The Morgan fingerprint density at radius 3 is 2.55 bits per heavy atom. The summed E-state index contributed by atoms with van der Waals surface area (Å²) in [6, 6.07) is 17.1. The van der Waals surface area contributed by atoms with Crippen molar-refractivity contribution in [2.45, 2.75) is 33.5 Å². The van der Waals surface area contributed by atoms with Crippen LogP contribution >= 0.6 is 24.0 Å². The van der Waals surface area contributed by atoms with Crippen molar-refractivity contribution in [1.82, 2.24) is 19.8 Å². The van der Waals surface area contributed by atoms with E-state index in [1.807, 2.05) is 26.4 Å². The summed E-state index contributed by atoms with van der Waals surface area (Å²) in [4.78, 5) is 10.9. The maximum Gasteiger partial charge on any atom is 0.193 e. The number of rotatable bonds is 6. The molecule has 0 radical (unpaired) electrons. The normalized spacial score (nSPS) is 11.1. The van der Waals surface area contributed by atoms with Gasteiger partial charge in [-0.05, 0) is 36.1 Å². The number of aromatic nitrogens is 2. The molecule has 0 saturated heterocycles. The maximum absolute atomic E-state index is 4.44. The predicted octanol–water partition coefficient (Wildman–Crippen LogP) is 4.37. The van der Waals surface area contributed by atoms with Crippen LogP contribution in [0.5, 0.6) is 0 Å². The van der Waals surface area contributed by atoms with Gasteiger partial charge in [0.1, 0.15) is 5.82 Å². The lowest BCUT2D eigenvalue weighted by molar-refractivity contribution is 0.475. The van der Waals surface area contributed by atoms with Crippen LogP contribution in [0.25, 0.3) is 0 Å². The fraction of sp³-hybridized carbons (Fsp3) is 0.304. The molecule has 6 heteroatoms. The van der Waals surface area contributed by atoms with E-state index in [0.29, 0.717) is 0 Å². The quantitative estimate of drug-likeness (QED) is 0.309. The van der Waals surface area contributed by atoms with Crippen LogP contribution in [0.15, 0.2) is 65.9 Å². The maximum atomic E-state index is 4.44. The van der Waals surface area contributed by atoms with Gasteiger partial charge >= 0.3 is 0 Å². The van der Waals surface area contributed by atoms with Gasteiger partial charge in [-0.15, -0.1) is 24.0 Å². The second-order valence-corrected chi connectivity index (χ2v) is 7.11. The van der Waals surface area contributed by atoms with Gasteiger partial charge < -0.3 is 14.8 Å². The molecule has 0 fully saturated rings. The van der Waals surface area contributed by atoms with E-state index in [4.69, 9.17) is 0 Å². The zero-order valence-electron chi connectivity index (χ0n) is 17.6.